The van der Waals surface area contributed by atoms with E-state index in [0.29, 0.717) is 6.54 Å². The van der Waals surface area contributed by atoms with Gasteiger partial charge in [0, 0.05) is 17.5 Å². The lowest BCUT2D eigenvalue weighted by molar-refractivity contribution is -0.124. The minimum Gasteiger partial charge on any atom is -0.451 e. The summed E-state index contributed by atoms with van der Waals surface area (Å²) >= 11 is 1.36. The van der Waals surface area contributed by atoms with Crippen molar-refractivity contribution >= 4 is 23.2 Å². The van der Waals surface area contributed by atoms with E-state index in [1.165, 1.54) is 11.3 Å². The highest BCUT2D eigenvalue weighted by Gasteiger charge is 2.14. The largest absolute Gasteiger partial charge is 0.451 e. The van der Waals surface area contributed by atoms with E-state index in [1.54, 1.807) is 5.38 Å². The average Bonchev–Trinajstić information content (AvgIpc) is 3.16. The summed E-state index contributed by atoms with van der Waals surface area (Å²) in [4.78, 5) is 28.0. The molecule has 25 heavy (non-hydrogen) atoms. The van der Waals surface area contributed by atoms with Crippen molar-refractivity contribution in [3.8, 4) is 10.6 Å². The molecule has 3 rings (SSSR count). The zero-order chi connectivity index (χ0) is 17.5. The van der Waals surface area contributed by atoms with Gasteiger partial charge in [0.05, 0.1) is 0 Å². The van der Waals surface area contributed by atoms with Crippen LogP contribution in [0.2, 0.25) is 0 Å². The number of ether oxygens (including phenoxy) is 1. The lowest BCUT2D eigenvalue weighted by atomic mass is 10.2. The molecule has 0 saturated heterocycles. The van der Waals surface area contributed by atoms with Gasteiger partial charge in [0.1, 0.15) is 5.01 Å². The average molecular weight is 352 g/mol. The van der Waals surface area contributed by atoms with Crippen molar-refractivity contribution in [3.05, 3.63) is 77.3 Å². The molecule has 5 nitrogen and oxygen atoms in total. The van der Waals surface area contributed by atoms with Crippen molar-refractivity contribution in [1.82, 2.24) is 10.3 Å². The van der Waals surface area contributed by atoms with Gasteiger partial charge in [0.15, 0.2) is 12.3 Å². The van der Waals surface area contributed by atoms with Gasteiger partial charge in [0.2, 0.25) is 0 Å². The first kappa shape index (κ1) is 16.9. The van der Waals surface area contributed by atoms with E-state index in [1.807, 2.05) is 60.7 Å². The molecule has 0 aliphatic carbocycles. The van der Waals surface area contributed by atoms with Gasteiger partial charge in [-0.25, -0.2) is 9.78 Å². The van der Waals surface area contributed by atoms with E-state index in [-0.39, 0.29) is 18.2 Å². The standard InChI is InChI=1S/C19H16N2O3S/c22-17(20-11-14-7-3-1-4-8-14)12-24-19(23)16-13-25-18(21-16)15-9-5-2-6-10-15/h1-10,13H,11-12H2,(H,20,22). The van der Waals surface area contributed by atoms with Gasteiger partial charge >= 0.3 is 5.97 Å². The molecule has 0 spiro atoms. The van der Waals surface area contributed by atoms with Crippen LogP contribution in [-0.4, -0.2) is 23.5 Å². The Balaban J connectivity index is 1.49. The molecule has 126 valence electrons. The number of carbonyl (C=O) groups is 2. The van der Waals surface area contributed by atoms with Crippen LogP contribution in [0.1, 0.15) is 16.1 Å². The molecular formula is C19H16N2O3S. The third-order valence-electron chi connectivity index (χ3n) is 3.40. The number of hydrogen-bond donors (Lipinski definition) is 1. The van der Waals surface area contributed by atoms with E-state index in [9.17, 15) is 9.59 Å². The molecule has 1 aromatic heterocycles. The van der Waals surface area contributed by atoms with Crippen molar-refractivity contribution < 1.29 is 14.3 Å². The number of nitrogens with one attached hydrogen (secondary N) is 1. The first-order valence-electron chi connectivity index (χ1n) is 7.71. The summed E-state index contributed by atoms with van der Waals surface area (Å²) in [6, 6.07) is 19.1. The molecule has 0 unspecified atom stereocenters. The molecule has 0 saturated carbocycles. The Kier molecular flexibility index (Phi) is 5.53. The fourth-order valence-electron chi connectivity index (χ4n) is 2.13. The van der Waals surface area contributed by atoms with Gasteiger partial charge in [-0.3, -0.25) is 4.79 Å². The lowest BCUT2D eigenvalue weighted by Crippen LogP contribution is -2.28. The van der Waals surface area contributed by atoms with E-state index < -0.39 is 5.97 Å². The molecule has 1 N–H and O–H groups in total. The Labute approximate surface area is 149 Å². The summed E-state index contributed by atoms with van der Waals surface area (Å²) in [7, 11) is 0. The number of carbonyl (C=O) groups excluding carboxylic acids is 2. The number of benzene rings is 2. The van der Waals surface area contributed by atoms with E-state index >= 15 is 0 Å². The summed E-state index contributed by atoms with van der Waals surface area (Å²) in [5, 5.41) is 5.07. The number of esters is 1. The summed E-state index contributed by atoms with van der Waals surface area (Å²) in [5.41, 5.74) is 2.13. The third kappa shape index (κ3) is 4.74. The fourth-order valence-corrected chi connectivity index (χ4v) is 2.93. The molecule has 0 aliphatic heterocycles. The second kappa shape index (κ2) is 8.21. The summed E-state index contributed by atoms with van der Waals surface area (Å²) in [6.45, 7) is 0.0654. The van der Waals surface area contributed by atoms with Crippen LogP contribution in [0.25, 0.3) is 10.6 Å². The van der Waals surface area contributed by atoms with Gasteiger partial charge in [-0.2, -0.15) is 0 Å². The van der Waals surface area contributed by atoms with Gasteiger partial charge < -0.3 is 10.1 Å². The maximum Gasteiger partial charge on any atom is 0.358 e. The zero-order valence-corrected chi connectivity index (χ0v) is 14.2. The molecule has 1 amide bonds. The molecule has 6 heteroatoms. The van der Waals surface area contributed by atoms with Crippen LogP contribution in [-0.2, 0) is 16.1 Å². The van der Waals surface area contributed by atoms with Crippen molar-refractivity contribution in [2.24, 2.45) is 0 Å². The van der Waals surface area contributed by atoms with Crippen molar-refractivity contribution in [3.63, 3.8) is 0 Å². The van der Waals surface area contributed by atoms with Gasteiger partial charge in [-0.1, -0.05) is 60.7 Å². The van der Waals surface area contributed by atoms with Gasteiger partial charge in [0.25, 0.3) is 5.91 Å². The summed E-state index contributed by atoms with van der Waals surface area (Å²) in [6.07, 6.45) is 0. The smallest absolute Gasteiger partial charge is 0.358 e. The first-order chi connectivity index (χ1) is 12.2. The topological polar surface area (TPSA) is 68.3 Å². The normalized spacial score (nSPS) is 10.2. The Bertz CT molecular complexity index is 847. The molecule has 2 aromatic carbocycles. The Morgan fingerprint density at radius 2 is 1.68 bits per heavy atom. The monoisotopic (exact) mass is 352 g/mol. The highest BCUT2D eigenvalue weighted by molar-refractivity contribution is 7.13. The van der Waals surface area contributed by atoms with Crippen LogP contribution >= 0.6 is 11.3 Å². The highest BCUT2D eigenvalue weighted by Crippen LogP contribution is 2.23. The number of aromatic nitrogens is 1. The van der Waals surface area contributed by atoms with Gasteiger partial charge in [-0.15, -0.1) is 11.3 Å². The molecule has 1 heterocycles. The molecular weight excluding hydrogens is 336 g/mol. The zero-order valence-electron chi connectivity index (χ0n) is 13.3. The maximum absolute atomic E-state index is 12.0. The number of thiazole rings is 1. The quantitative estimate of drug-likeness (QED) is 0.691. The minimum atomic E-state index is -0.603. The summed E-state index contributed by atoms with van der Waals surface area (Å²) < 4.78 is 5.02. The van der Waals surface area contributed by atoms with Crippen LogP contribution < -0.4 is 5.32 Å². The van der Waals surface area contributed by atoms with Crippen LogP contribution in [0.15, 0.2) is 66.0 Å². The van der Waals surface area contributed by atoms with Crippen LogP contribution in [0.5, 0.6) is 0 Å². The van der Waals surface area contributed by atoms with Gasteiger partial charge in [-0.05, 0) is 5.56 Å². The summed E-state index contributed by atoms with van der Waals surface area (Å²) in [5.74, 6) is -0.955. The molecule has 3 aromatic rings. The number of rotatable bonds is 6. The van der Waals surface area contributed by atoms with Crippen LogP contribution in [0, 0.1) is 0 Å². The van der Waals surface area contributed by atoms with E-state index in [0.717, 1.165) is 16.1 Å². The number of hydrogen-bond acceptors (Lipinski definition) is 5. The lowest BCUT2D eigenvalue weighted by Gasteiger charge is -2.05. The number of amides is 1. The van der Waals surface area contributed by atoms with Crippen molar-refractivity contribution in [1.29, 1.82) is 0 Å². The highest BCUT2D eigenvalue weighted by atomic mass is 32.1. The Morgan fingerprint density at radius 1 is 1.00 bits per heavy atom. The van der Waals surface area contributed by atoms with Crippen LogP contribution in [0.3, 0.4) is 0 Å². The van der Waals surface area contributed by atoms with Crippen molar-refractivity contribution in [2.75, 3.05) is 6.61 Å². The Hall–Kier alpha value is -2.99. The second-order valence-electron chi connectivity index (χ2n) is 5.24. The van der Waals surface area contributed by atoms with E-state index in [4.69, 9.17) is 4.74 Å². The molecule has 0 atom stereocenters. The second-order valence-corrected chi connectivity index (χ2v) is 6.10. The third-order valence-corrected chi connectivity index (χ3v) is 4.29. The SMILES string of the molecule is O=C(COC(=O)c1csc(-c2ccccc2)n1)NCc1ccccc1. The fraction of sp³-hybridized carbons (Fsp3) is 0.105. The molecule has 0 fully saturated rings. The number of nitrogens with zero attached hydrogens (tertiary/aromatic N) is 1. The van der Waals surface area contributed by atoms with Crippen molar-refractivity contribution in [2.45, 2.75) is 6.54 Å². The van der Waals surface area contributed by atoms with E-state index in [2.05, 4.69) is 10.3 Å². The minimum absolute atomic E-state index is 0.208. The predicted octanol–water partition coefficient (Wildman–Crippen LogP) is 3.28. The Morgan fingerprint density at radius 3 is 2.40 bits per heavy atom. The molecule has 0 bridgehead atoms. The molecule has 0 aliphatic rings. The molecule has 0 radical (unpaired) electrons. The van der Waals surface area contributed by atoms with Crippen LogP contribution in [0.4, 0.5) is 0 Å². The first-order valence-corrected chi connectivity index (χ1v) is 8.59. The predicted molar refractivity (Wildman–Crippen MR) is 96.1 cm³/mol. The maximum atomic E-state index is 12.0.